The third kappa shape index (κ3) is 2.90. The molecule has 3 atom stereocenters. The number of rotatable bonds is 4. The van der Waals surface area contributed by atoms with Crippen molar-refractivity contribution < 1.29 is 4.74 Å². The first-order chi connectivity index (χ1) is 12.8. The Bertz CT molecular complexity index is 787. The summed E-state index contributed by atoms with van der Waals surface area (Å²) in [6.07, 6.45) is 9.07. The van der Waals surface area contributed by atoms with Gasteiger partial charge in [-0.25, -0.2) is 4.98 Å². The van der Waals surface area contributed by atoms with Crippen LogP contribution in [0.25, 0.3) is 0 Å². The van der Waals surface area contributed by atoms with Gasteiger partial charge in [0.05, 0.1) is 0 Å². The van der Waals surface area contributed by atoms with Gasteiger partial charge in [0.2, 0.25) is 0 Å². The molecule has 134 valence electrons. The second-order valence-electron chi connectivity index (χ2n) is 7.42. The van der Waals surface area contributed by atoms with Crippen molar-refractivity contribution in [3.05, 3.63) is 59.7 Å². The van der Waals surface area contributed by atoms with Gasteiger partial charge in [-0.1, -0.05) is 12.5 Å². The van der Waals surface area contributed by atoms with Crippen molar-refractivity contribution in [1.29, 1.82) is 5.26 Å². The lowest BCUT2D eigenvalue weighted by molar-refractivity contribution is -0.170. The Morgan fingerprint density at radius 2 is 2.08 bits per heavy atom. The largest absolute Gasteiger partial charge is 0.373 e. The Morgan fingerprint density at radius 1 is 1.27 bits per heavy atom. The number of pyridine rings is 2. The Balaban J connectivity index is 1.64. The normalized spacial score (nSPS) is 28.5. The Hall–Kier alpha value is -2.29. The van der Waals surface area contributed by atoms with E-state index in [4.69, 9.17) is 4.74 Å². The topological polar surface area (TPSA) is 62.0 Å². The summed E-state index contributed by atoms with van der Waals surface area (Å²) >= 11 is 0. The molecule has 2 bridgehead atoms. The predicted molar refractivity (Wildman–Crippen MR) is 98.0 cm³/mol. The van der Waals surface area contributed by atoms with Crippen LogP contribution < -0.4 is 0 Å². The first-order valence-corrected chi connectivity index (χ1v) is 9.29. The molecule has 2 fully saturated rings. The van der Waals surface area contributed by atoms with Crippen LogP contribution in [0.1, 0.15) is 36.1 Å². The number of piperidine rings is 1. The summed E-state index contributed by atoms with van der Waals surface area (Å²) in [7, 11) is 1.83. The summed E-state index contributed by atoms with van der Waals surface area (Å²) in [6.45, 7) is 2.94. The molecule has 0 spiro atoms. The molecule has 2 aromatic heterocycles. The van der Waals surface area contributed by atoms with Crippen LogP contribution in [-0.2, 0) is 16.9 Å². The average molecular weight is 348 g/mol. The smallest absolute Gasteiger partial charge is 0.140 e. The first-order valence-electron chi connectivity index (χ1n) is 9.29. The highest BCUT2D eigenvalue weighted by Crippen LogP contribution is 2.51. The minimum absolute atomic E-state index is 0.307. The second kappa shape index (κ2) is 7.14. The Morgan fingerprint density at radius 3 is 2.73 bits per heavy atom. The highest BCUT2D eigenvalue weighted by Gasteiger charge is 2.53. The highest BCUT2D eigenvalue weighted by molar-refractivity contribution is 5.32. The maximum atomic E-state index is 9.26. The van der Waals surface area contributed by atoms with Crippen molar-refractivity contribution in [2.75, 3.05) is 20.2 Å². The van der Waals surface area contributed by atoms with Crippen molar-refractivity contribution >= 4 is 0 Å². The third-order valence-corrected chi connectivity index (χ3v) is 6.07. The van der Waals surface area contributed by atoms with Gasteiger partial charge < -0.3 is 4.74 Å². The van der Waals surface area contributed by atoms with Gasteiger partial charge in [-0.2, -0.15) is 5.26 Å². The average Bonchev–Trinajstić information content (AvgIpc) is 2.68. The number of fused-ring (bicyclic) bond motifs is 2. The van der Waals surface area contributed by atoms with E-state index in [2.05, 4.69) is 27.0 Å². The van der Waals surface area contributed by atoms with E-state index < -0.39 is 0 Å². The third-order valence-electron chi connectivity index (χ3n) is 6.07. The van der Waals surface area contributed by atoms with Gasteiger partial charge in [0.25, 0.3) is 0 Å². The van der Waals surface area contributed by atoms with E-state index in [1.807, 2.05) is 37.7 Å². The standard InChI is InChI=1S/C21H24N4O/c1-26-21(17-7-9-24-20(10-17)11-22)18-5-2-6-19(21)15-25(14-18)13-16-4-3-8-23-12-16/h3-4,7-10,12,18-19H,2,5-6,13-15H2,1H3/t18-,19+,21-. The number of nitriles is 1. The summed E-state index contributed by atoms with van der Waals surface area (Å²) in [6, 6.07) is 10.3. The van der Waals surface area contributed by atoms with Crippen molar-refractivity contribution in [1.82, 2.24) is 14.9 Å². The fraction of sp³-hybridized carbons (Fsp3) is 0.476. The van der Waals surface area contributed by atoms with Crippen molar-refractivity contribution in [2.45, 2.75) is 31.4 Å². The van der Waals surface area contributed by atoms with E-state index in [0.717, 1.165) is 38.0 Å². The van der Waals surface area contributed by atoms with Gasteiger partial charge in [0.1, 0.15) is 17.4 Å². The molecule has 0 radical (unpaired) electrons. The second-order valence-corrected chi connectivity index (χ2v) is 7.42. The van der Waals surface area contributed by atoms with Crippen LogP contribution in [0.15, 0.2) is 42.9 Å². The van der Waals surface area contributed by atoms with Crippen LogP contribution in [0.3, 0.4) is 0 Å². The Labute approximate surface area is 154 Å². The van der Waals surface area contributed by atoms with Crippen LogP contribution in [-0.4, -0.2) is 35.1 Å². The SMILES string of the molecule is CO[C@]1(c2ccnc(C#N)c2)[C@@H]2CCC[C@H]1CN(Cc1cccnc1)C2. The lowest BCUT2D eigenvalue weighted by Gasteiger charge is -2.55. The van der Waals surface area contributed by atoms with E-state index in [-0.39, 0.29) is 5.60 Å². The minimum atomic E-state index is -0.307. The molecule has 3 heterocycles. The van der Waals surface area contributed by atoms with Crippen LogP contribution in [0.4, 0.5) is 0 Å². The molecule has 0 amide bonds. The zero-order chi connectivity index (χ0) is 18.0. The van der Waals surface area contributed by atoms with Gasteiger partial charge in [-0.3, -0.25) is 9.88 Å². The van der Waals surface area contributed by atoms with E-state index >= 15 is 0 Å². The quantitative estimate of drug-likeness (QED) is 0.849. The van der Waals surface area contributed by atoms with Gasteiger partial charge in [-0.15, -0.1) is 0 Å². The minimum Gasteiger partial charge on any atom is -0.373 e. The number of hydrogen-bond acceptors (Lipinski definition) is 5. The van der Waals surface area contributed by atoms with Crippen molar-refractivity contribution in [3.63, 3.8) is 0 Å². The van der Waals surface area contributed by atoms with E-state index in [1.54, 1.807) is 6.20 Å². The van der Waals surface area contributed by atoms with Crippen LogP contribution >= 0.6 is 0 Å². The first kappa shape index (κ1) is 17.1. The number of nitrogens with zero attached hydrogens (tertiary/aromatic N) is 4. The number of hydrogen-bond donors (Lipinski definition) is 0. The Kier molecular flexibility index (Phi) is 4.71. The molecule has 5 heteroatoms. The summed E-state index contributed by atoms with van der Waals surface area (Å²) in [5, 5.41) is 9.26. The molecule has 2 aromatic rings. The van der Waals surface area contributed by atoms with Gasteiger partial charge in [-0.05, 0) is 42.2 Å². The molecular weight excluding hydrogens is 324 g/mol. The molecule has 1 saturated carbocycles. The summed E-state index contributed by atoms with van der Waals surface area (Å²) < 4.78 is 6.25. The summed E-state index contributed by atoms with van der Waals surface area (Å²) in [5.74, 6) is 0.844. The molecule has 0 N–H and O–H groups in total. The van der Waals surface area contributed by atoms with E-state index in [9.17, 15) is 5.26 Å². The molecule has 0 aromatic carbocycles. The maximum Gasteiger partial charge on any atom is 0.140 e. The van der Waals surface area contributed by atoms with Crippen molar-refractivity contribution in [3.8, 4) is 6.07 Å². The fourth-order valence-electron chi connectivity index (χ4n) is 5.06. The predicted octanol–water partition coefficient (Wildman–Crippen LogP) is 3.12. The van der Waals surface area contributed by atoms with Crippen LogP contribution in [0.5, 0.6) is 0 Å². The van der Waals surface area contributed by atoms with Crippen LogP contribution in [0.2, 0.25) is 0 Å². The fourth-order valence-corrected chi connectivity index (χ4v) is 5.06. The highest BCUT2D eigenvalue weighted by atomic mass is 16.5. The molecular formula is C21H24N4O. The van der Waals surface area contributed by atoms with Crippen molar-refractivity contribution in [2.24, 2.45) is 11.8 Å². The number of ether oxygens (including phenoxy) is 1. The number of likely N-dealkylation sites (tertiary alicyclic amines) is 1. The zero-order valence-electron chi connectivity index (χ0n) is 15.1. The lowest BCUT2D eigenvalue weighted by atomic mass is 9.62. The lowest BCUT2D eigenvalue weighted by Crippen LogP contribution is -2.58. The zero-order valence-corrected chi connectivity index (χ0v) is 15.1. The molecule has 1 aliphatic heterocycles. The van der Waals surface area contributed by atoms with E-state index in [1.165, 1.54) is 12.0 Å². The van der Waals surface area contributed by atoms with E-state index in [0.29, 0.717) is 17.5 Å². The molecule has 1 aliphatic carbocycles. The molecule has 0 unspecified atom stereocenters. The molecule has 5 nitrogen and oxygen atoms in total. The maximum absolute atomic E-state index is 9.26. The monoisotopic (exact) mass is 348 g/mol. The molecule has 4 rings (SSSR count). The summed E-state index contributed by atoms with van der Waals surface area (Å²) in [5.41, 5.74) is 2.53. The van der Waals surface area contributed by atoms with Gasteiger partial charge >= 0.3 is 0 Å². The van der Waals surface area contributed by atoms with Gasteiger partial charge in [0.15, 0.2) is 0 Å². The van der Waals surface area contributed by atoms with Crippen LogP contribution in [0, 0.1) is 23.2 Å². The van der Waals surface area contributed by atoms with Gasteiger partial charge in [0, 0.05) is 57.2 Å². The molecule has 2 aliphatic rings. The molecule has 26 heavy (non-hydrogen) atoms. The number of methoxy groups -OCH3 is 1. The number of aromatic nitrogens is 2. The molecule has 1 saturated heterocycles. The summed E-state index contributed by atoms with van der Waals surface area (Å²) in [4.78, 5) is 10.9.